The summed E-state index contributed by atoms with van der Waals surface area (Å²) in [5, 5.41) is 0. The van der Waals surface area contributed by atoms with Gasteiger partial charge >= 0.3 is 0 Å². The summed E-state index contributed by atoms with van der Waals surface area (Å²) in [6, 6.07) is 21.1. The Morgan fingerprint density at radius 2 is 1.50 bits per heavy atom. The van der Waals surface area contributed by atoms with Gasteiger partial charge in [0.05, 0.1) is 0 Å². The van der Waals surface area contributed by atoms with Crippen LogP contribution in [0.2, 0.25) is 0 Å². The molecule has 1 aliphatic heterocycles. The summed E-state index contributed by atoms with van der Waals surface area (Å²) in [6.45, 7) is 7.07. The summed E-state index contributed by atoms with van der Waals surface area (Å²) >= 11 is 0. The third kappa shape index (κ3) is 4.47. The minimum atomic E-state index is 0.141. The first-order valence-electron chi connectivity index (χ1n) is 9.15. The third-order valence-electron chi connectivity index (χ3n) is 4.66. The summed E-state index contributed by atoms with van der Waals surface area (Å²) in [5.41, 5.74) is 2.43. The van der Waals surface area contributed by atoms with E-state index >= 15 is 0 Å². The topological polar surface area (TPSA) is 20.3 Å². The fourth-order valence-electron chi connectivity index (χ4n) is 3.39. The van der Waals surface area contributed by atoms with E-state index in [4.69, 9.17) is 0 Å². The van der Waals surface area contributed by atoms with Crippen LogP contribution < -0.4 is 0 Å². The van der Waals surface area contributed by atoms with E-state index in [9.17, 15) is 4.79 Å². The molecule has 0 N–H and O–H groups in total. The van der Waals surface area contributed by atoms with E-state index in [2.05, 4.69) is 36.1 Å². The highest BCUT2D eigenvalue weighted by Crippen LogP contribution is 2.30. The normalized spacial score (nSPS) is 16.7. The van der Waals surface area contributed by atoms with E-state index < -0.39 is 0 Å². The van der Waals surface area contributed by atoms with Crippen LogP contribution in [0.5, 0.6) is 0 Å². The van der Waals surface area contributed by atoms with Gasteiger partial charge in [0.25, 0.3) is 0 Å². The zero-order valence-electron chi connectivity index (χ0n) is 15.1. The molecule has 3 rings (SSSR count). The van der Waals surface area contributed by atoms with Crippen molar-refractivity contribution in [1.82, 2.24) is 4.90 Å². The van der Waals surface area contributed by atoms with Crippen LogP contribution in [0.15, 0.2) is 60.7 Å². The van der Waals surface area contributed by atoms with Crippen molar-refractivity contribution in [3.05, 3.63) is 71.8 Å². The molecule has 128 valence electrons. The first kappa shape index (κ1) is 18.3. The lowest BCUT2D eigenvalue weighted by molar-refractivity contribution is -0.131. The largest absolute Gasteiger partial charge is 0.340 e. The predicted octanol–water partition coefficient (Wildman–Crippen LogP) is 5.25. The fraction of sp³-hybridized carbons (Fsp3) is 0.409. The van der Waals surface area contributed by atoms with Gasteiger partial charge < -0.3 is 4.90 Å². The molecule has 0 aliphatic carbocycles. The standard InChI is InChI=1S/C20H23NO.C2H6/c1-16-9-8-14-21(16)20(22)15-19(17-10-4-2-5-11-17)18-12-6-3-7-13-18;1-2/h2-7,10-13,16,19H,8-9,14-15H2,1H3;1-2H3. The summed E-state index contributed by atoms with van der Waals surface area (Å²) in [7, 11) is 0. The molecule has 2 heteroatoms. The molecule has 0 bridgehead atoms. The van der Waals surface area contributed by atoms with Gasteiger partial charge in [0.15, 0.2) is 0 Å². The number of benzene rings is 2. The maximum Gasteiger partial charge on any atom is 0.223 e. The average Bonchev–Trinajstić information content (AvgIpc) is 3.09. The van der Waals surface area contributed by atoms with Crippen molar-refractivity contribution in [1.29, 1.82) is 0 Å². The quantitative estimate of drug-likeness (QED) is 0.753. The highest BCUT2D eigenvalue weighted by atomic mass is 16.2. The maximum atomic E-state index is 12.7. The highest BCUT2D eigenvalue weighted by molar-refractivity contribution is 5.78. The smallest absolute Gasteiger partial charge is 0.223 e. The Hall–Kier alpha value is -2.09. The van der Waals surface area contributed by atoms with Gasteiger partial charge in [-0.3, -0.25) is 4.79 Å². The van der Waals surface area contributed by atoms with Crippen LogP contribution in [0.25, 0.3) is 0 Å². The van der Waals surface area contributed by atoms with Gasteiger partial charge in [-0.2, -0.15) is 0 Å². The summed E-state index contributed by atoms with van der Waals surface area (Å²) in [4.78, 5) is 14.8. The highest BCUT2D eigenvalue weighted by Gasteiger charge is 2.27. The molecule has 1 fully saturated rings. The van der Waals surface area contributed by atoms with Crippen LogP contribution in [0.3, 0.4) is 0 Å². The number of carbonyl (C=O) groups is 1. The Bertz CT molecular complexity index is 569. The minimum absolute atomic E-state index is 0.141. The number of rotatable bonds is 4. The molecule has 1 amide bonds. The van der Waals surface area contributed by atoms with E-state index in [1.165, 1.54) is 11.1 Å². The van der Waals surface area contributed by atoms with Crippen molar-refractivity contribution in [2.24, 2.45) is 0 Å². The van der Waals surface area contributed by atoms with E-state index in [0.29, 0.717) is 12.5 Å². The molecule has 2 nitrogen and oxygen atoms in total. The molecule has 0 spiro atoms. The monoisotopic (exact) mass is 323 g/mol. The van der Waals surface area contributed by atoms with E-state index in [1.54, 1.807) is 0 Å². The van der Waals surface area contributed by atoms with Crippen LogP contribution >= 0.6 is 0 Å². The van der Waals surface area contributed by atoms with Crippen molar-refractivity contribution in [2.75, 3.05) is 6.54 Å². The van der Waals surface area contributed by atoms with Crippen LogP contribution in [-0.2, 0) is 4.79 Å². The molecule has 1 atom stereocenters. The third-order valence-corrected chi connectivity index (χ3v) is 4.66. The van der Waals surface area contributed by atoms with Crippen molar-refractivity contribution in [3.8, 4) is 0 Å². The number of hydrogen-bond acceptors (Lipinski definition) is 1. The molecule has 24 heavy (non-hydrogen) atoms. The average molecular weight is 323 g/mol. The molecule has 2 aromatic carbocycles. The van der Waals surface area contributed by atoms with E-state index in [-0.39, 0.29) is 11.8 Å². The van der Waals surface area contributed by atoms with Crippen LogP contribution in [-0.4, -0.2) is 23.4 Å². The lowest BCUT2D eigenvalue weighted by Crippen LogP contribution is -2.34. The summed E-state index contributed by atoms with van der Waals surface area (Å²) in [6.07, 6.45) is 2.82. The molecule has 0 saturated carbocycles. The number of amides is 1. The van der Waals surface area contributed by atoms with Crippen LogP contribution in [0.4, 0.5) is 0 Å². The Morgan fingerprint density at radius 1 is 1.00 bits per heavy atom. The lowest BCUT2D eigenvalue weighted by Gasteiger charge is -2.25. The van der Waals surface area contributed by atoms with Crippen LogP contribution in [0.1, 0.15) is 57.1 Å². The van der Waals surface area contributed by atoms with Gasteiger partial charge in [0, 0.05) is 24.9 Å². The van der Waals surface area contributed by atoms with Gasteiger partial charge in [-0.25, -0.2) is 0 Å². The second-order valence-electron chi connectivity index (χ2n) is 6.16. The summed E-state index contributed by atoms with van der Waals surface area (Å²) in [5.74, 6) is 0.422. The van der Waals surface area contributed by atoms with Gasteiger partial charge in [-0.05, 0) is 30.9 Å². The van der Waals surface area contributed by atoms with Crippen molar-refractivity contribution >= 4 is 5.91 Å². The molecule has 1 unspecified atom stereocenters. The molecular weight excluding hydrogens is 294 g/mol. The Morgan fingerprint density at radius 3 is 1.92 bits per heavy atom. The second-order valence-corrected chi connectivity index (χ2v) is 6.16. The molecule has 1 saturated heterocycles. The van der Waals surface area contributed by atoms with Gasteiger partial charge in [-0.15, -0.1) is 0 Å². The number of hydrogen-bond donors (Lipinski definition) is 0. The number of nitrogens with zero attached hydrogens (tertiary/aromatic N) is 1. The van der Waals surface area contributed by atoms with E-state index in [0.717, 1.165) is 19.4 Å². The Balaban J connectivity index is 0.00000100. The molecule has 0 aromatic heterocycles. The van der Waals surface area contributed by atoms with Gasteiger partial charge in [0.1, 0.15) is 0 Å². The van der Waals surface area contributed by atoms with Crippen molar-refractivity contribution in [3.63, 3.8) is 0 Å². The maximum absolute atomic E-state index is 12.7. The molecule has 1 heterocycles. The Kier molecular flexibility index (Phi) is 7.05. The predicted molar refractivity (Wildman–Crippen MR) is 101 cm³/mol. The van der Waals surface area contributed by atoms with Crippen LogP contribution in [0, 0.1) is 0 Å². The molecule has 1 aliphatic rings. The minimum Gasteiger partial charge on any atom is -0.340 e. The summed E-state index contributed by atoms with van der Waals surface area (Å²) < 4.78 is 0. The van der Waals surface area contributed by atoms with E-state index in [1.807, 2.05) is 50.2 Å². The molecule has 0 radical (unpaired) electrons. The SMILES string of the molecule is CC.CC1CCCN1C(=O)CC(c1ccccc1)c1ccccc1. The van der Waals surface area contributed by atoms with Crippen molar-refractivity contribution < 1.29 is 4.79 Å². The zero-order valence-corrected chi connectivity index (χ0v) is 15.1. The number of likely N-dealkylation sites (tertiary alicyclic amines) is 1. The first-order valence-corrected chi connectivity index (χ1v) is 9.15. The fourth-order valence-corrected chi connectivity index (χ4v) is 3.39. The lowest BCUT2D eigenvalue weighted by atomic mass is 9.88. The van der Waals surface area contributed by atoms with Gasteiger partial charge in [-0.1, -0.05) is 74.5 Å². The Labute approximate surface area is 146 Å². The van der Waals surface area contributed by atoms with Crippen molar-refractivity contribution in [2.45, 2.75) is 52.0 Å². The van der Waals surface area contributed by atoms with Gasteiger partial charge in [0.2, 0.25) is 5.91 Å². The molecular formula is C22H29NO. The number of carbonyl (C=O) groups excluding carboxylic acids is 1. The molecule has 2 aromatic rings. The zero-order chi connectivity index (χ0) is 17.4. The first-order chi connectivity index (χ1) is 11.8. The second kappa shape index (κ2) is 9.27.